The Morgan fingerprint density at radius 3 is 2.78 bits per heavy atom. The van der Waals surface area contributed by atoms with Crippen molar-refractivity contribution in [2.24, 2.45) is 5.73 Å². The van der Waals surface area contributed by atoms with Gasteiger partial charge in [-0.15, -0.1) is 0 Å². The third-order valence-electron chi connectivity index (χ3n) is 0.951. The summed E-state index contributed by atoms with van der Waals surface area (Å²) < 4.78 is 0. The third-order valence-corrected chi connectivity index (χ3v) is 0.951. The summed E-state index contributed by atoms with van der Waals surface area (Å²) in [6.07, 6.45) is 3.10. The number of carbonyl (C=O) groups excluding carboxylic acids is 1. The van der Waals surface area contributed by atoms with Gasteiger partial charge in [0.25, 0.3) is 0 Å². The summed E-state index contributed by atoms with van der Waals surface area (Å²) in [6.45, 7) is 1.88. The Kier molecular flexibility index (Phi) is 3.71. The van der Waals surface area contributed by atoms with Crippen molar-refractivity contribution in [3.05, 3.63) is 12.2 Å². The molecule has 2 N–H and O–H groups in total. The number of carbonyl (C=O) groups is 1. The van der Waals surface area contributed by atoms with Gasteiger partial charge in [0.05, 0.1) is 5.97 Å². The van der Waals surface area contributed by atoms with E-state index in [4.69, 9.17) is 5.73 Å². The molecule has 0 aliphatic carbocycles. The number of carboxylic acid groups (broad SMARTS) is 1. The van der Waals surface area contributed by atoms with E-state index in [9.17, 15) is 9.90 Å². The highest BCUT2D eigenvalue weighted by molar-refractivity contribution is 5.77. The second kappa shape index (κ2) is 4.09. The van der Waals surface area contributed by atoms with Gasteiger partial charge >= 0.3 is 0 Å². The smallest absolute Gasteiger partial charge is 0.0640 e. The fraction of sp³-hybridized carbons (Fsp3) is 0.500. The van der Waals surface area contributed by atoms with E-state index in [-0.39, 0.29) is 6.04 Å². The van der Waals surface area contributed by atoms with Crippen molar-refractivity contribution in [2.45, 2.75) is 19.4 Å². The number of nitrogens with two attached hydrogens (primary N) is 1. The number of hydrogen-bond donors (Lipinski definition) is 1. The Morgan fingerprint density at radius 2 is 2.44 bits per heavy atom. The summed E-state index contributed by atoms with van der Waals surface area (Å²) in [5.41, 5.74) is 5.34. The van der Waals surface area contributed by atoms with E-state index in [0.29, 0.717) is 0 Å². The van der Waals surface area contributed by atoms with E-state index in [0.717, 1.165) is 12.5 Å². The highest BCUT2D eigenvalue weighted by Crippen LogP contribution is 1.86. The van der Waals surface area contributed by atoms with Crippen LogP contribution in [0.2, 0.25) is 0 Å². The zero-order chi connectivity index (χ0) is 7.28. The molecule has 0 rings (SSSR count). The molecule has 3 heteroatoms. The van der Waals surface area contributed by atoms with Gasteiger partial charge in [-0.2, -0.15) is 0 Å². The molecule has 0 heterocycles. The third kappa shape index (κ3) is 5.03. The zero-order valence-electron chi connectivity index (χ0n) is 5.33. The minimum absolute atomic E-state index is 0.164. The van der Waals surface area contributed by atoms with E-state index in [1.165, 1.54) is 6.08 Å². The maximum Gasteiger partial charge on any atom is 0.0640 e. The van der Waals surface area contributed by atoms with Crippen molar-refractivity contribution >= 4 is 5.97 Å². The summed E-state index contributed by atoms with van der Waals surface area (Å²) in [5, 5.41) is 9.77. The first-order valence-electron chi connectivity index (χ1n) is 2.81. The number of rotatable bonds is 3. The molecule has 0 aromatic rings. The minimum atomic E-state index is -1.20. The van der Waals surface area contributed by atoms with Crippen LogP contribution in [-0.4, -0.2) is 12.0 Å². The average Bonchev–Trinajstić information content (AvgIpc) is 1.83. The Bertz CT molecular complexity index is 120. The van der Waals surface area contributed by atoms with Crippen LogP contribution in [0.15, 0.2) is 12.2 Å². The topological polar surface area (TPSA) is 66.2 Å². The molecule has 0 spiro atoms. The molecule has 9 heavy (non-hydrogen) atoms. The Balaban J connectivity index is 3.56. The monoisotopic (exact) mass is 128 g/mol. The van der Waals surface area contributed by atoms with Crippen LogP contribution in [0, 0.1) is 0 Å². The number of hydrogen-bond acceptors (Lipinski definition) is 3. The molecule has 0 radical (unpaired) electrons. The van der Waals surface area contributed by atoms with E-state index in [1.54, 1.807) is 0 Å². The molecule has 0 aromatic heterocycles. The van der Waals surface area contributed by atoms with Gasteiger partial charge in [-0.3, -0.25) is 0 Å². The van der Waals surface area contributed by atoms with Gasteiger partial charge in [-0.05, 0) is 12.5 Å². The Labute approximate surface area is 54.2 Å². The summed E-state index contributed by atoms with van der Waals surface area (Å²) in [5.74, 6) is -1.20. The van der Waals surface area contributed by atoms with Gasteiger partial charge in [-0.25, -0.2) is 0 Å². The predicted molar refractivity (Wildman–Crippen MR) is 32.4 cm³/mol. The van der Waals surface area contributed by atoms with Crippen molar-refractivity contribution in [3.8, 4) is 0 Å². The van der Waals surface area contributed by atoms with Gasteiger partial charge in [0.15, 0.2) is 0 Å². The quantitative estimate of drug-likeness (QED) is 0.497. The lowest BCUT2D eigenvalue weighted by Crippen LogP contribution is -2.21. The van der Waals surface area contributed by atoms with Gasteiger partial charge < -0.3 is 15.6 Å². The summed E-state index contributed by atoms with van der Waals surface area (Å²) in [7, 11) is 0. The molecule has 0 aliphatic rings. The summed E-state index contributed by atoms with van der Waals surface area (Å²) in [4.78, 5) is 9.77. The highest BCUT2D eigenvalue weighted by atomic mass is 16.4. The maximum absolute atomic E-state index is 9.77. The van der Waals surface area contributed by atoms with E-state index >= 15 is 0 Å². The van der Waals surface area contributed by atoms with Crippen LogP contribution in [0.4, 0.5) is 0 Å². The average molecular weight is 128 g/mol. The fourth-order valence-electron chi connectivity index (χ4n) is 0.338. The molecule has 0 amide bonds. The Morgan fingerprint density at radius 1 is 1.89 bits per heavy atom. The molecule has 0 fully saturated rings. The number of carboxylic acids is 1. The molecule has 1 atom stereocenters. The van der Waals surface area contributed by atoms with Gasteiger partial charge in [0, 0.05) is 6.04 Å². The maximum atomic E-state index is 9.77. The minimum Gasteiger partial charge on any atom is -0.545 e. The van der Waals surface area contributed by atoms with E-state index in [1.807, 2.05) is 6.92 Å². The van der Waals surface area contributed by atoms with Crippen LogP contribution < -0.4 is 10.8 Å². The Hall–Kier alpha value is -0.830. The normalized spacial score (nSPS) is 14.0. The molecule has 0 bridgehead atoms. The zero-order valence-corrected chi connectivity index (χ0v) is 5.33. The first kappa shape index (κ1) is 8.17. The molecule has 52 valence electrons. The molecule has 0 aromatic carbocycles. The van der Waals surface area contributed by atoms with Gasteiger partial charge in [0.2, 0.25) is 0 Å². The van der Waals surface area contributed by atoms with Crippen LogP contribution in [-0.2, 0) is 4.79 Å². The number of aliphatic carboxylic acids is 1. The second-order valence-electron chi connectivity index (χ2n) is 1.75. The van der Waals surface area contributed by atoms with Crippen LogP contribution in [0.1, 0.15) is 13.3 Å². The summed E-state index contributed by atoms with van der Waals surface area (Å²) >= 11 is 0. The van der Waals surface area contributed by atoms with Crippen LogP contribution in [0.5, 0.6) is 0 Å². The lowest BCUT2D eigenvalue weighted by molar-refractivity contribution is -0.297. The lowest BCUT2D eigenvalue weighted by Gasteiger charge is -1.99. The van der Waals surface area contributed by atoms with Crippen molar-refractivity contribution in [2.75, 3.05) is 0 Å². The highest BCUT2D eigenvalue weighted by Gasteiger charge is 1.88. The van der Waals surface area contributed by atoms with Gasteiger partial charge in [0.1, 0.15) is 0 Å². The van der Waals surface area contributed by atoms with Crippen molar-refractivity contribution in [3.63, 3.8) is 0 Å². The van der Waals surface area contributed by atoms with Crippen molar-refractivity contribution in [1.29, 1.82) is 0 Å². The summed E-state index contributed by atoms with van der Waals surface area (Å²) in [6, 6.07) is -0.164. The van der Waals surface area contributed by atoms with E-state index < -0.39 is 5.97 Å². The molecule has 0 saturated carbocycles. The fourth-order valence-corrected chi connectivity index (χ4v) is 0.338. The van der Waals surface area contributed by atoms with Gasteiger partial charge in [-0.1, -0.05) is 13.0 Å². The van der Waals surface area contributed by atoms with Crippen molar-refractivity contribution < 1.29 is 9.90 Å². The first-order chi connectivity index (χ1) is 4.16. The SMILES string of the molecule is CCC(N)/C=C/C(=O)[O-]. The second-order valence-corrected chi connectivity index (χ2v) is 1.75. The standard InChI is InChI=1S/C6H11NO2/c1-2-5(7)3-4-6(8)9/h3-5H,2,7H2,1H3,(H,8,9)/p-1/b4-3+. The molecule has 0 saturated heterocycles. The molecule has 1 unspecified atom stereocenters. The molecular formula is C6H10NO2-. The molecule has 0 aliphatic heterocycles. The molecular weight excluding hydrogens is 118 g/mol. The predicted octanol–water partition coefficient (Wildman–Crippen LogP) is -0.970. The van der Waals surface area contributed by atoms with Crippen LogP contribution >= 0.6 is 0 Å². The van der Waals surface area contributed by atoms with Crippen LogP contribution in [0.3, 0.4) is 0 Å². The first-order valence-corrected chi connectivity index (χ1v) is 2.81. The lowest BCUT2D eigenvalue weighted by atomic mass is 10.2. The largest absolute Gasteiger partial charge is 0.545 e. The molecule has 3 nitrogen and oxygen atoms in total. The van der Waals surface area contributed by atoms with E-state index in [2.05, 4.69) is 0 Å². The van der Waals surface area contributed by atoms with Crippen molar-refractivity contribution in [1.82, 2.24) is 0 Å². The van der Waals surface area contributed by atoms with Crippen LogP contribution in [0.25, 0.3) is 0 Å².